The van der Waals surface area contributed by atoms with Crippen LogP contribution in [0.5, 0.6) is 0 Å². The first-order valence-corrected chi connectivity index (χ1v) is 15.1. The van der Waals surface area contributed by atoms with Crippen molar-refractivity contribution in [1.29, 1.82) is 0 Å². The van der Waals surface area contributed by atoms with Gasteiger partial charge in [-0.2, -0.15) is 0 Å². The van der Waals surface area contributed by atoms with Crippen molar-refractivity contribution < 1.29 is 23.5 Å². The molecular weight excluding hydrogens is 408 g/mol. The predicted molar refractivity (Wildman–Crippen MR) is 124 cm³/mol. The van der Waals surface area contributed by atoms with Crippen molar-refractivity contribution in [3.05, 3.63) is 12.7 Å². The SMILES string of the molecule is C=C[C@@]1(C)CC(=O)[C@@H]2[C@@]3(C)CCCC(C)(C)[C@@H]3[C@H](OC(C)=O)[C@H](O[Si](C)(C)C)[C@@]2(C)O1. The Hall–Kier alpha value is -0.983. The summed E-state index contributed by atoms with van der Waals surface area (Å²) < 4.78 is 19.7. The summed E-state index contributed by atoms with van der Waals surface area (Å²) in [6.07, 6.45) is 4.07. The molecule has 1 aliphatic heterocycles. The number of esters is 1. The second kappa shape index (κ2) is 7.52. The Bertz CT molecular complexity index is 770. The highest BCUT2D eigenvalue weighted by atomic mass is 28.4. The molecule has 6 heteroatoms. The summed E-state index contributed by atoms with van der Waals surface area (Å²) in [6.45, 7) is 22.5. The molecule has 3 aliphatic rings. The maximum absolute atomic E-state index is 13.8. The van der Waals surface area contributed by atoms with Crippen molar-refractivity contribution in [2.75, 3.05) is 0 Å². The molecule has 0 spiro atoms. The second-order valence-electron chi connectivity index (χ2n) is 12.4. The molecule has 0 amide bonds. The van der Waals surface area contributed by atoms with Crippen molar-refractivity contribution in [2.45, 2.75) is 110 Å². The maximum Gasteiger partial charge on any atom is 0.303 e. The molecule has 0 unspecified atom stereocenters. The zero-order valence-electron chi connectivity index (χ0n) is 21.0. The van der Waals surface area contributed by atoms with Crippen LogP contribution in [0.4, 0.5) is 0 Å². The quantitative estimate of drug-likeness (QED) is 0.331. The Morgan fingerprint density at radius 1 is 1.16 bits per heavy atom. The van der Waals surface area contributed by atoms with Crippen LogP contribution < -0.4 is 0 Å². The number of hydrogen-bond donors (Lipinski definition) is 0. The summed E-state index contributed by atoms with van der Waals surface area (Å²) in [5.41, 5.74) is -2.10. The molecule has 0 aromatic carbocycles. The average molecular weight is 451 g/mol. The number of ether oxygens (including phenoxy) is 2. The first-order valence-electron chi connectivity index (χ1n) is 11.7. The van der Waals surface area contributed by atoms with Gasteiger partial charge in [-0.05, 0) is 57.2 Å². The molecule has 1 saturated heterocycles. The average Bonchev–Trinajstić information content (AvgIpc) is 2.55. The zero-order chi connectivity index (χ0) is 23.6. The van der Waals surface area contributed by atoms with E-state index in [2.05, 4.69) is 47.0 Å². The van der Waals surface area contributed by atoms with Gasteiger partial charge in [-0.3, -0.25) is 9.59 Å². The van der Waals surface area contributed by atoms with Crippen LogP contribution >= 0.6 is 0 Å². The summed E-state index contributed by atoms with van der Waals surface area (Å²) in [5.74, 6) is -0.399. The standard InChI is InChI=1S/C25H42O5Si/c1-11-23(5)15-17(27)19-24(6)14-12-13-22(3,4)20(24)18(28-16(2)26)21(25(19,7)30-23)29-31(8,9)10/h11,18-21H,1,12-15H2,2-10H3/t18-,19+,20-,21-,23-,24+,25-/m0/s1. The van der Waals surface area contributed by atoms with E-state index >= 15 is 0 Å². The highest BCUT2D eigenvalue weighted by Gasteiger charge is 2.72. The minimum Gasteiger partial charge on any atom is -0.459 e. The second-order valence-corrected chi connectivity index (χ2v) is 16.9. The van der Waals surface area contributed by atoms with E-state index < -0.39 is 31.7 Å². The van der Waals surface area contributed by atoms with Gasteiger partial charge in [0.25, 0.3) is 0 Å². The minimum absolute atomic E-state index is 0.0118. The van der Waals surface area contributed by atoms with Crippen LogP contribution in [0.1, 0.15) is 67.2 Å². The fraction of sp³-hybridized carbons (Fsp3) is 0.840. The Morgan fingerprint density at radius 3 is 2.29 bits per heavy atom. The lowest BCUT2D eigenvalue weighted by Crippen LogP contribution is -2.76. The van der Waals surface area contributed by atoms with E-state index in [0.29, 0.717) is 6.42 Å². The molecule has 3 fully saturated rings. The summed E-state index contributed by atoms with van der Waals surface area (Å²) in [6, 6.07) is 0. The number of hydrogen-bond acceptors (Lipinski definition) is 5. The lowest BCUT2D eigenvalue weighted by molar-refractivity contribution is -0.302. The number of carbonyl (C=O) groups excluding carboxylic acids is 2. The number of fused-ring (bicyclic) bond motifs is 3. The van der Waals surface area contributed by atoms with Crippen LogP contribution in [0.25, 0.3) is 0 Å². The molecule has 0 radical (unpaired) electrons. The summed E-state index contributed by atoms with van der Waals surface area (Å²) in [7, 11) is -2.08. The van der Waals surface area contributed by atoms with Crippen LogP contribution in [0.3, 0.4) is 0 Å². The van der Waals surface area contributed by atoms with E-state index in [9.17, 15) is 9.59 Å². The fourth-order valence-electron chi connectivity index (χ4n) is 7.38. The normalized spacial score (nSPS) is 44.7. The van der Waals surface area contributed by atoms with Gasteiger partial charge < -0.3 is 13.9 Å². The Balaban J connectivity index is 2.27. The highest BCUT2D eigenvalue weighted by Crippen LogP contribution is 2.66. The molecule has 176 valence electrons. The fourth-order valence-corrected chi connectivity index (χ4v) is 8.51. The first kappa shape index (κ1) is 24.7. The van der Waals surface area contributed by atoms with E-state index in [1.54, 1.807) is 6.08 Å². The van der Waals surface area contributed by atoms with Crippen molar-refractivity contribution in [3.63, 3.8) is 0 Å². The number of rotatable bonds is 4. The Labute approximate surface area is 189 Å². The van der Waals surface area contributed by atoms with Gasteiger partial charge in [-0.1, -0.05) is 33.3 Å². The van der Waals surface area contributed by atoms with Crippen LogP contribution in [-0.2, 0) is 23.5 Å². The van der Waals surface area contributed by atoms with Gasteiger partial charge in [0.05, 0.1) is 11.5 Å². The summed E-state index contributed by atoms with van der Waals surface area (Å²) in [4.78, 5) is 26.2. The molecule has 0 aromatic heterocycles. The van der Waals surface area contributed by atoms with Crippen molar-refractivity contribution >= 4 is 20.1 Å². The monoisotopic (exact) mass is 450 g/mol. The molecule has 3 rings (SSSR count). The lowest BCUT2D eigenvalue weighted by atomic mass is 9.42. The molecule has 0 aromatic rings. The lowest BCUT2D eigenvalue weighted by Gasteiger charge is -2.68. The number of carbonyl (C=O) groups is 2. The molecule has 2 saturated carbocycles. The number of ketones is 1. The summed E-state index contributed by atoms with van der Waals surface area (Å²) >= 11 is 0. The van der Waals surface area contributed by atoms with E-state index in [0.717, 1.165) is 19.3 Å². The van der Waals surface area contributed by atoms with Gasteiger partial charge in [-0.25, -0.2) is 0 Å². The highest BCUT2D eigenvalue weighted by molar-refractivity contribution is 6.69. The third-order valence-electron chi connectivity index (χ3n) is 8.03. The van der Waals surface area contributed by atoms with Crippen LogP contribution in [0.2, 0.25) is 19.6 Å². The van der Waals surface area contributed by atoms with Gasteiger partial charge in [0.1, 0.15) is 23.6 Å². The van der Waals surface area contributed by atoms with Crippen LogP contribution in [0.15, 0.2) is 12.7 Å². The zero-order valence-corrected chi connectivity index (χ0v) is 22.0. The van der Waals surface area contributed by atoms with Crippen LogP contribution in [-0.4, -0.2) is 43.5 Å². The van der Waals surface area contributed by atoms with Crippen molar-refractivity contribution in [3.8, 4) is 0 Å². The minimum atomic E-state index is -2.08. The maximum atomic E-state index is 13.8. The van der Waals surface area contributed by atoms with E-state index in [1.807, 2.05) is 13.8 Å². The molecule has 31 heavy (non-hydrogen) atoms. The first-order chi connectivity index (χ1) is 14.0. The predicted octanol–water partition coefficient (Wildman–Crippen LogP) is 5.29. The topological polar surface area (TPSA) is 61.8 Å². The molecular formula is C25H42O5Si. The van der Waals surface area contributed by atoms with Crippen molar-refractivity contribution in [2.24, 2.45) is 22.7 Å². The molecule has 7 atom stereocenters. The van der Waals surface area contributed by atoms with Crippen molar-refractivity contribution in [1.82, 2.24) is 0 Å². The third kappa shape index (κ3) is 4.08. The molecule has 0 bridgehead atoms. The van der Waals surface area contributed by atoms with E-state index in [1.165, 1.54) is 6.92 Å². The molecule has 0 N–H and O–H groups in total. The van der Waals surface area contributed by atoms with Crippen LogP contribution in [0, 0.1) is 22.7 Å². The van der Waals surface area contributed by atoms with Gasteiger partial charge in [-0.15, -0.1) is 6.58 Å². The molecule has 5 nitrogen and oxygen atoms in total. The largest absolute Gasteiger partial charge is 0.459 e. The number of Topliss-reactive ketones (excluding diaryl/α,β-unsaturated/α-hetero) is 1. The smallest absolute Gasteiger partial charge is 0.303 e. The van der Waals surface area contributed by atoms with Gasteiger partial charge in [0.15, 0.2) is 8.32 Å². The molecule has 2 aliphatic carbocycles. The van der Waals surface area contributed by atoms with Gasteiger partial charge in [0.2, 0.25) is 0 Å². The summed E-state index contributed by atoms with van der Waals surface area (Å²) in [5, 5.41) is 0. The Morgan fingerprint density at radius 2 is 1.77 bits per heavy atom. The van der Waals surface area contributed by atoms with E-state index in [-0.39, 0.29) is 34.4 Å². The third-order valence-corrected chi connectivity index (χ3v) is 8.99. The Kier molecular flexibility index (Phi) is 5.98. The van der Waals surface area contributed by atoms with Gasteiger partial charge >= 0.3 is 5.97 Å². The molecule has 1 heterocycles. The van der Waals surface area contributed by atoms with E-state index in [4.69, 9.17) is 13.9 Å². The van der Waals surface area contributed by atoms with Gasteiger partial charge in [0, 0.05) is 19.3 Å².